The zero-order chi connectivity index (χ0) is 15.4. The standard InChI is InChI=1S/C15H21N3O3/c1-10(19)17-9-11-5-7-18(8-6-11)13-4-2-3-12(14(13)16)15(20)21/h2-4,11H,5-9,16H2,1H3,(H,17,19)(H,20,21). The largest absolute Gasteiger partial charge is 0.478 e. The number of hydrogen-bond donors (Lipinski definition) is 3. The number of piperidine rings is 1. The highest BCUT2D eigenvalue weighted by Crippen LogP contribution is 2.30. The van der Waals surface area contributed by atoms with Gasteiger partial charge in [-0.2, -0.15) is 0 Å². The molecule has 4 N–H and O–H groups in total. The molecule has 6 nitrogen and oxygen atoms in total. The number of rotatable bonds is 4. The van der Waals surface area contributed by atoms with E-state index in [9.17, 15) is 9.59 Å². The molecule has 0 bridgehead atoms. The fourth-order valence-electron chi connectivity index (χ4n) is 2.68. The van der Waals surface area contributed by atoms with E-state index in [1.54, 1.807) is 6.07 Å². The summed E-state index contributed by atoms with van der Waals surface area (Å²) in [5.74, 6) is -0.542. The second-order valence-corrected chi connectivity index (χ2v) is 5.41. The van der Waals surface area contributed by atoms with Crippen LogP contribution >= 0.6 is 0 Å². The number of nitrogen functional groups attached to an aromatic ring is 1. The fourth-order valence-corrected chi connectivity index (χ4v) is 2.68. The van der Waals surface area contributed by atoms with E-state index in [2.05, 4.69) is 10.2 Å². The van der Waals surface area contributed by atoms with Crippen LogP contribution in [-0.2, 0) is 4.79 Å². The smallest absolute Gasteiger partial charge is 0.337 e. The number of carbonyl (C=O) groups is 2. The van der Waals surface area contributed by atoms with Crippen molar-refractivity contribution < 1.29 is 14.7 Å². The first-order chi connectivity index (χ1) is 9.99. The number of carbonyl (C=O) groups excluding carboxylic acids is 1. The molecule has 0 aliphatic carbocycles. The highest BCUT2D eigenvalue weighted by molar-refractivity contribution is 5.97. The third kappa shape index (κ3) is 3.65. The van der Waals surface area contributed by atoms with Gasteiger partial charge in [0.25, 0.3) is 0 Å². The minimum absolute atomic E-state index is 0.00386. The van der Waals surface area contributed by atoms with Gasteiger partial charge in [-0.05, 0) is 30.9 Å². The lowest BCUT2D eigenvalue weighted by Crippen LogP contribution is -2.38. The molecular weight excluding hydrogens is 270 g/mol. The van der Waals surface area contributed by atoms with Crippen molar-refractivity contribution in [1.82, 2.24) is 5.32 Å². The molecule has 1 aromatic rings. The Morgan fingerprint density at radius 1 is 1.38 bits per heavy atom. The monoisotopic (exact) mass is 291 g/mol. The maximum atomic E-state index is 11.1. The Labute approximate surface area is 123 Å². The van der Waals surface area contributed by atoms with Gasteiger partial charge in [0.1, 0.15) is 0 Å². The summed E-state index contributed by atoms with van der Waals surface area (Å²) in [4.78, 5) is 24.2. The maximum absolute atomic E-state index is 11.1. The van der Waals surface area contributed by atoms with Gasteiger partial charge in [0.15, 0.2) is 0 Å². The predicted molar refractivity (Wildman–Crippen MR) is 81.4 cm³/mol. The summed E-state index contributed by atoms with van der Waals surface area (Å²) >= 11 is 0. The van der Waals surface area contributed by atoms with Crippen LogP contribution in [0.3, 0.4) is 0 Å². The number of aromatic carboxylic acids is 1. The lowest BCUT2D eigenvalue weighted by Gasteiger charge is -2.34. The molecule has 1 heterocycles. The minimum Gasteiger partial charge on any atom is -0.478 e. The number of carboxylic acid groups (broad SMARTS) is 1. The zero-order valence-corrected chi connectivity index (χ0v) is 12.1. The van der Waals surface area contributed by atoms with E-state index in [0.717, 1.165) is 31.6 Å². The Bertz CT molecular complexity index is 537. The Kier molecular flexibility index (Phi) is 4.67. The van der Waals surface area contributed by atoms with Gasteiger partial charge in [0.05, 0.1) is 16.9 Å². The lowest BCUT2D eigenvalue weighted by atomic mass is 9.96. The number of benzene rings is 1. The van der Waals surface area contributed by atoms with Crippen molar-refractivity contribution >= 4 is 23.3 Å². The number of amides is 1. The van der Waals surface area contributed by atoms with E-state index in [-0.39, 0.29) is 11.5 Å². The number of para-hydroxylation sites is 1. The first-order valence-electron chi connectivity index (χ1n) is 7.10. The molecule has 0 saturated carbocycles. The van der Waals surface area contributed by atoms with E-state index in [1.165, 1.54) is 13.0 Å². The second kappa shape index (κ2) is 6.47. The van der Waals surface area contributed by atoms with Crippen molar-refractivity contribution in [2.24, 2.45) is 5.92 Å². The zero-order valence-electron chi connectivity index (χ0n) is 12.1. The molecule has 1 fully saturated rings. The van der Waals surface area contributed by atoms with Crippen LogP contribution in [0.1, 0.15) is 30.1 Å². The molecule has 1 amide bonds. The van der Waals surface area contributed by atoms with Crippen LogP contribution in [-0.4, -0.2) is 36.6 Å². The molecule has 6 heteroatoms. The van der Waals surface area contributed by atoms with Crippen molar-refractivity contribution in [3.05, 3.63) is 23.8 Å². The van der Waals surface area contributed by atoms with Crippen LogP contribution in [0.15, 0.2) is 18.2 Å². The summed E-state index contributed by atoms with van der Waals surface area (Å²) < 4.78 is 0. The maximum Gasteiger partial charge on any atom is 0.337 e. The summed E-state index contributed by atoms with van der Waals surface area (Å²) in [5, 5.41) is 12.0. The first-order valence-corrected chi connectivity index (χ1v) is 7.10. The van der Waals surface area contributed by atoms with E-state index in [1.807, 2.05) is 6.07 Å². The summed E-state index contributed by atoms with van der Waals surface area (Å²) in [6.45, 7) is 3.86. The fraction of sp³-hybridized carbons (Fsp3) is 0.467. The molecule has 0 unspecified atom stereocenters. The number of nitrogens with zero attached hydrogens (tertiary/aromatic N) is 1. The minimum atomic E-state index is -1.00. The third-order valence-electron chi connectivity index (χ3n) is 3.91. The van der Waals surface area contributed by atoms with Gasteiger partial charge in [0.2, 0.25) is 5.91 Å². The number of nitrogens with two attached hydrogens (primary N) is 1. The van der Waals surface area contributed by atoms with Crippen molar-refractivity contribution in [2.75, 3.05) is 30.3 Å². The number of carboxylic acids is 1. The van der Waals surface area contributed by atoms with Gasteiger partial charge in [-0.3, -0.25) is 4.79 Å². The number of hydrogen-bond acceptors (Lipinski definition) is 4. The van der Waals surface area contributed by atoms with E-state index < -0.39 is 5.97 Å². The van der Waals surface area contributed by atoms with Crippen molar-refractivity contribution in [2.45, 2.75) is 19.8 Å². The number of nitrogens with one attached hydrogen (secondary N) is 1. The van der Waals surface area contributed by atoms with Crippen LogP contribution in [0, 0.1) is 5.92 Å². The van der Waals surface area contributed by atoms with E-state index in [4.69, 9.17) is 10.8 Å². The average Bonchev–Trinajstić information content (AvgIpc) is 2.45. The quantitative estimate of drug-likeness (QED) is 0.727. The summed E-state index contributed by atoms with van der Waals surface area (Å²) in [6.07, 6.45) is 1.91. The van der Waals surface area contributed by atoms with Crippen LogP contribution in [0.5, 0.6) is 0 Å². The lowest BCUT2D eigenvalue weighted by molar-refractivity contribution is -0.119. The molecule has 1 aliphatic rings. The van der Waals surface area contributed by atoms with E-state index in [0.29, 0.717) is 18.2 Å². The normalized spacial score (nSPS) is 15.8. The summed E-state index contributed by atoms with van der Waals surface area (Å²) in [5.41, 5.74) is 7.22. The van der Waals surface area contributed by atoms with Crippen LogP contribution < -0.4 is 16.0 Å². The first kappa shape index (κ1) is 15.2. The molecule has 1 aromatic carbocycles. The summed E-state index contributed by atoms with van der Waals surface area (Å²) in [6, 6.07) is 5.10. The highest BCUT2D eigenvalue weighted by Gasteiger charge is 2.22. The topological polar surface area (TPSA) is 95.7 Å². The molecule has 114 valence electrons. The van der Waals surface area contributed by atoms with Gasteiger partial charge in [-0.15, -0.1) is 0 Å². The molecule has 0 atom stereocenters. The van der Waals surface area contributed by atoms with Gasteiger partial charge in [0, 0.05) is 26.6 Å². The summed E-state index contributed by atoms with van der Waals surface area (Å²) in [7, 11) is 0. The van der Waals surface area contributed by atoms with Crippen molar-refractivity contribution in [3.63, 3.8) is 0 Å². The Balaban J connectivity index is 2.01. The average molecular weight is 291 g/mol. The Morgan fingerprint density at radius 3 is 2.62 bits per heavy atom. The van der Waals surface area contributed by atoms with Crippen molar-refractivity contribution in [1.29, 1.82) is 0 Å². The molecule has 0 spiro atoms. The van der Waals surface area contributed by atoms with Gasteiger partial charge >= 0.3 is 5.97 Å². The van der Waals surface area contributed by atoms with Gasteiger partial charge < -0.3 is 21.1 Å². The Morgan fingerprint density at radius 2 is 2.05 bits per heavy atom. The SMILES string of the molecule is CC(=O)NCC1CCN(c2cccc(C(=O)O)c2N)CC1. The third-order valence-corrected chi connectivity index (χ3v) is 3.91. The van der Waals surface area contributed by atoms with Crippen LogP contribution in [0.2, 0.25) is 0 Å². The Hall–Kier alpha value is -2.24. The van der Waals surface area contributed by atoms with Crippen LogP contribution in [0.4, 0.5) is 11.4 Å². The molecular formula is C15H21N3O3. The molecule has 1 saturated heterocycles. The molecule has 0 aromatic heterocycles. The molecule has 0 radical (unpaired) electrons. The second-order valence-electron chi connectivity index (χ2n) is 5.41. The molecule has 2 rings (SSSR count). The number of anilines is 2. The van der Waals surface area contributed by atoms with Crippen molar-refractivity contribution in [3.8, 4) is 0 Å². The van der Waals surface area contributed by atoms with Gasteiger partial charge in [-0.1, -0.05) is 6.07 Å². The molecule has 21 heavy (non-hydrogen) atoms. The predicted octanol–water partition coefficient (Wildman–Crippen LogP) is 1.32. The van der Waals surface area contributed by atoms with E-state index >= 15 is 0 Å². The van der Waals surface area contributed by atoms with Gasteiger partial charge in [-0.25, -0.2) is 4.79 Å². The van der Waals surface area contributed by atoms with Crippen LogP contribution in [0.25, 0.3) is 0 Å². The highest BCUT2D eigenvalue weighted by atomic mass is 16.4. The molecule has 1 aliphatic heterocycles.